The van der Waals surface area contributed by atoms with E-state index in [0.29, 0.717) is 11.3 Å². The lowest BCUT2D eigenvalue weighted by Gasteiger charge is -2.31. The third-order valence-corrected chi connectivity index (χ3v) is 3.25. The van der Waals surface area contributed by atoms with Crippen LogP contribution in [0.5, 0.6) is 5.75 Å². The molecule has 1 aliphatic heterocycles. The number of halogens is 1. The smallest absolute Gasteiger partial charge is 0.312 e. The Morgan fingerprint density at radius 3 is 2.79 bits per heavy atom. The van der Waals surface area contributed by atoms with E-state index in [0.717, 1.165) is 0 Å². The van der Waals surface area contributed by atoms with Gasteiger partial charge >= 0.3 is 11.9 Å². The van der Waals surface area contributed by atoms with Crippen molar-refractivity contribution in [2.75, 3.05) is 7.11 Å². The molecule has 19 heavy (non-hydrogen) atoms. The fraction of sp³-hybridized carbons (Fsp3) is 0.429. The van der Waals surface area contributed by atoms with Gasteiger partial charge in [-0.2, -0.15) is 0 Å². The van der Waals surface area contributed by atoms with Crippen molar-refractivity contribution >= 4 is 11.9 Å². The number of fused-ring (bicyclic) bond motifs is 1. The molecule has 1 aliphatic rings. The zero-order chi connectivity index (χ0) is 14.2. The van der Waals surface area contributed by atoms with Gasteiger partial charge in [0.2, 0.25) is 0 Å². The Labute approximate surface area is 110 Å². The molecule has 0 fully saturated rings. The zero-order valence-electron chi connectivity index (χ0n) is 11.1. The second kappa shape index (κ2) is 4.64. The molecule has 1 aromatic rings. The van der Waals surface area contributed by atoms with Crippen LogP contribution in [0.2, 0.25) is 0 Å². The van der Waals surface area contributed by atoms with Crippen molar-refractivity contribution in [2.24, 2.45) is 0 Å². The Hall–Kier alpha value is -1.91. The Morgan fingerprint density at radius 1 is 1.47 bits per heavy atom. The van der Waals surface area contributed by atoms with Crippen LogP contribution >= 0.6 is 0 Å². The molecule has 2 rings (SSSR count). The third-order valence-electron chi connectivity index (χ3n) is 3.25. The van der Waals surface area contributed by atoms with Gasteiger partial charge in [0.05, 0.1) is 20.0 Å². The van der Waals surface area contributed by atoms with Crippen molar-refractivity contribution in [1.29, 1.82) is 0 Å². The number of hydrogen-bond donors (Lipinski definition) is 0. The summed E-state index contributed by atoms with van der Waals surface area (Å²) in [5.41, 5.74) is 0.323. The van der Waals surface area contributed by atoms with Gasteiger partial charge < -0.3 is 9.47 Å². The van der Waals surface area contributed by atoms with Gasteiger partial charge in [0.25, 0.3) is 0 Å². The van der Waals surface area contributed by atoms with Gasteiger partial charge in [-0.15, -0.1) is 0 Å². The molecule has 0 bridgehead atoms. The van der Waals surface area contributed by atoms with Gasteiger partial charge in [0.1, 0.15) is 11.6 Å². The van der Waals surface area contributed by atoms with Crippen LogP contribution in [0.3, 0.4) is 0 Å². The molecule has 1 heterocycles. The number of methoxy groups -OCH3 is 1. The van der Waals surface area contributed by atoms with Crippen LogP contribution in [0.15, 0.2) is 12.1 Å². The monoisotopic (exact) mass is 266 g/mol. The minimum absolute atomic E-state index is 0.163. The minimum atomic E-state index is -0.541. The highest BCUT2D eigenvalue weighted by atomic mass is 19.1. The van der Waals surface area contributed by atoms with E-state index in [9.17, 15) is 14.0 Å². The molecule has 4 nitrogen and oxygen atoms in total. The summed E-state index contributed by atoms with van der Waals surface area (Å²) in [4.78, 5) is 22.7. The van der Waals surface area contributed by atoms with Crippen molar-refractivity contribution in [2.45, 2.75) is 32.1 Å². The van der Waals surface area contributed by atoms with Gasteiger partial charge in [-0.05, 0) is 12.1 Å². The first-order valence-electron chi connectivity index (χ1n) is 5.94. The van der Waals surface area contributed by atoms with Crippen LogP contribution in [0.1, 0.15) is 31.4 Å². The number of hydrogen-bond acceptors (Lipinski definition) is 4. The number of esters is 2. The first-order chi connectivity index (χ1) is 8.83. The largest absolute Gasteiger partial charge is 0.469 e. The normalized spacial score (nSPS) is 16.5. The number of ether oxygens (including phenoxy) is 2. The van der Waals surface area contributed by atoms with Crippen molar-refractivity contribution in [3.05, 3.63) is 29.1 Å². The molecule has 0 amide bonds. The summed E-state index contributed by atoms with van der Waals surface area (Å²) in [6.07, 6.45) is 0.0172. The minimum Gasteiger partial charge on any atom is -0.469 e. The van der Waals surface area contributed by atoms with Gasteiger partial charge in [-0.25, -0.2) is 4.39 Å². The maximum absolute atomic E-state index is 14.0. The van der Waals surface area contributed by atoms with E-state index < -0.39 is 17.2 Å². The van der Waals surface area contributed by atoms with E-state index >= 15 is 0 Å². The summed E-state index contributed by atoms with van der Waals surface area (Å²) in [7, 11) is 1.24. The first kappa shape index (κ1) is 13.5. The van der Waals surface area contributed by atoms with E-state index in [1.54, 1.807) is 0 Å². The van der Waals surface area contributed by atoms with E-state index in [4.69, 9.17) is 4.74 Å². The lowest BCUT2D eigenvalue weighted by Crippen LogP contribution is -2.31. The molecular formula is C14H15FO4. The van der Waals surface area contributed by atoms with E-state index in [1.165, 1.54) is 19.2 Å². The third kappa shape index (κ3) is 2.59. The molecule has 0 aliphatic carbocycles. The molecule has 0 saturated heterocycles. The van der Waals surface area contributed by atoms with Crippen LogP contribution in [-0.2, 0) is 26.2 Å². The molecular weight excluding hydrogens is 251 g/mol. The number of rotatable bonds is 2. The summed E-state index contributed by atoms with van der Waals surface area (Å²) in [6.45, 7) is 3.71. The highest BCUT2D eigenvalue weighted by molar-refractivity contribution is 5.78. The Kier molecular flexibility index (Phi) is 3.30. The standard InChI is InChI=1S/C14H15FO4/c1-14(2)7-13(17)19-11-4-8(5-12(16)18-3)10(15)6-9(11)14/h4,6H,5,7H2,1-3H3. The molecule has 0 aromatic heterocycles. The molecule has 0 spiro atoms. The van der Waals surface area contributed by atoms with Gasteiger partial charge in [0, 0.05) is 16.5 Å². The van der Waals surface area contributed by atoms with Gasteiger partial charge in [0.15, 0.2) is 0 Å². The van der Waals surface area contributed by atoms with Gasteiger partial charge in [-0.3, -0.25) is 9.59 Å². The zero-order valence-corrected chi connectivity index (χ0v) is 11.1. The van der Waals surface area contributed by atoms with Crippen LogP contribution < -0.4 is 4.74 Å². The predicted molar refractivity (Wildman–Crippen MR) is 65.4 cm³/mol. The average Bonchev–Trinajstić information content (AvgIpc) is 2.30. The summed E-state index contributed by atoms with van der Waals surface area (Å²) >= 11 is 0. The number of benzene rings is 1. The lowest BCUT2D eigenvalue weighted by molar-refractivity contribution is -0.140. The maximum atomic E-state index is 14.0. The van der Waals surface area contributed by atoms with Crippen molar-refractivity contribution in [1.82, 2.24) is 0 Å². The van der Waals surface area contributed by atoms with E-state index in [1.807, 2.05) is 13.8 Å². The number of carbonyl (C=O) groups is 2. The van der Waals surface area contributed by atoms with Crippen LogP contribution in [0.4, 0.5) is 4.39 Å². The van der Waals surface area contributed by atoms with Crippen LogP contribution in [0.25, 0.3) is 0 Å². The quantitative estimate of drug-likeness (QED) is 0.608. The highest BCUT2D eigenvalue weighted by Crippen LogP contribution is 2.40. The molecule has 5 heteroatoms. The molecule has 102 valence electrons. The fourth-order valence-electron chi connectivity index (χ4n) is 2.19. The van der Waals surface area contributed by atoms with Crippen molar-refractivity contribution < 1.29 is 23.5 Å². The molecule has 0 atom stereocenters. The summed E-state index contributed by atoms with van der Waals surface area (Å²) in [5.74, 6) is -1.06. The molecule has 0 radical (unpaired) electrons. The molecule has 0 unspecified atom stereocenters. The van der Waals surface area contributed by atoms with Gasteiger partial charge in [-0.1, -0.05) is 13.8 Å². The van der Waals surface area contributed by atoms with E-state index in [2.05, 4.69) is 4.74 Å². The van der Waals surface area contributed by atoms with Crippen molar-refractivity contribution in [3.8, 4) is 5.75 Å². The van der Waals surface area contributed by atoms with Crippen molar-refractivity contribution in [3.63, 3.8) is 0 Å². The topological polar surface area (TPSA) is 52.6 Å². The van der Waals surface area contributed by atoms with Crippen LogP contribution in [-0.4, -0.2) is 19.0 Å². The molecule has 1 aromatic carbocycles. The summed E-state index contributed by atoms with van der Waals surface area (Å²) in [5, 5.41) is 0. The Balaban J connectivity index is 2.45. The van der Waals surface area contributed by atoms with E-state index in [-0.39, 0.29) is 24.4 Å². The highest BCUT2D eigenvalue weighted by Gasteiger charge is 2.34. The molecule has 0 N–H and O–H groups in total. The summed E-state index contributed by atoms with van der Waals surface area (Å²) < 4.78 is 23.6. The SMILES string of the molecule is COC(=O)Cc1cc2c(cc1F)C(C)(C)CC(=O)O2. The second-order valence-electron chi connectivity index (χ2n) is 5.23. The average molecular weight is 266 g/mol. The lowest BCUT2D eigenvalue weighted by atomic mass is 9.79. The molecule has 0 saturated carbocycles. The van der Waals surface area contributed by atoms with Crippen LogP contribution in [0, 0.1) is 5.82 Å². The maximum Gasteiger partial charge on any atom is 0.312 e. The predicted octanol–water partition coefficient (Wildman–Crippen LogP) is 2.13. The fourth-order valence-corrected chi connectivity index (χ4v) is 2.19. The summed E-state index contributed by atoms with van der Waals surface area (Å²) in [6, 6.07) is 2.74. The Morgan fingerprint density at radius 2 is 2.16 bits per heavy atom. The number of carbonyl (C=O) groups excluding carboxylic acids is 2. The second-order valence-corrected chi connectivity index (χ2v) is 5.23. The Bertz CT molecular complexity index is 549. The first-order valence-corrected chi connectivity index (χ1v) is 5.94.